The SMILES string of the molecule is CN(C(=O)OCc1ccccc1)c1ccc(C(=O)N[C@](CCC(=O)NCCOCCOCCOCCN)(C(=O)O)C(C)(C)C)cc1. The van der Waals surface area contributed by atoms with Gasteiger partial charge in [-0.2, -0.15) is 0 Å². The Morgan fingerprint density at radius 1 is 0.848 bits per heavy atom. The van der Waals surface area contributed by atoms with Crippen LogP contribution in [0.15, 0.2) is 54.6 Å². The molecule has 0 fully saturated rings. The van der Waals surface area contributed by atoms with E-state index in [1.807, 2.05) is 30.3 Å². The molecule has 2 rings (SSSR count). The highest BCUT2D eigenvalue weighted by molar-refractivity contribution is 5.99. The first-order valence-corrected chi connectivity index (χ1v) is 15.2. The topological polar surface area (TPSA) is 179 Å². The van der Waals surface area contributed by atoms with Crippen LogP contribution in [0.25, 0.3) is 0 Å². The van der Waals surface area contributed by atoms with E-state index in [0.717, 1.165) is 5.56 Å². The number of benzene rings is 2. The zero-order valence-corrected chi connectivity index (χ0v) is 27.2. The first kappa shape index (κ1) is 38.1. The highest BCUT2D eigenvalue weighted by Crippen LogP contribution is 2.35. The van der Waals surface area contributed by atoms with Crippen LogP contribution in [0.5, 0.6) is 0 Å². The molecule has 0 aliphatic carbocycles. The largest absolute Gasteiger partial charge is 0.479 e. The van der Waals surface area contributed by atoms with E-state index in [-0.39, 0.29) is 44.1 Å². The molecule has 1 atom stereocenters. The van der Waals surface area contributed by atoms with E-state index in [1.165, 1.54) is 17.0 Å². The van der Waals surface area contributed by atoms with Crippen molar-refractivity contribution in [3.63, 3.8) is 0 Å². The van der Waals surface area contributed by atoms with Gasteiger partial charge in [0.05, 0.1) is 39.6 Å². The van der Waals surface area contributed by atoms with Crippen LogP contribution >= 0.6 is 0 Å². The fraction of sp³-hybridized carbons (Fsp3) is 0.515. The summed E-state index contributed by atoms with van der Waals surface area (Å²) < 4.78 is 21.4. The summed E-state index contributed by atoms with van der Waals surface area (Å²) in [5, 5.41) is 15.7. The molecule has 2 aromatic rings. The van der Waals surface area contributed by atoms with Crippen molar-refractivity contribution in [2.24, 2.45) is 11.1 Å². The molecule has 0 aliphatic heterocycles. The van der Waals surface area contributed by atoms with Crippen LogP contribution in [0.1, 0.15) is 49.5 Å². The summed E-state index contributed by atoms with van der Waals surface area (Å²) in [4.78, 5) is 52.3. The van der Waals surface area contributed by atoms with E-state index in [2.05, 4.69) is 10.6 Å². The second kappa shape index (κ2) is 19.5. The molecule has 13 nitrogen and oxygen atoms in total. The van der Waals surface area contributed by atoms with Gasteiger partial charge < -0.3 is 40.4 Å². The molecule has 0 spiro atoms. The Balaban J connectivity index is 1.89. The molecule has 46 heavy (non-hydrogen) atoms. The molecule has 5 N–H and O–H groups in total. The number of nitrogens with zero attached hydrogens (tertiary/aromatic N) is 1. The van der Waals surface area contributed by atoms with Gasteiger partial charge >= 0.3 is 12.1 Å². The molecule has 0 saturated carbocycles. The molecule has 0 aliphatic rings. The lowest BCUT2D eigenvalue weighted by Crippen LogP contribution is -2.62. The number of amides is 3. The molecular formula is C33H48N4O9. The Hall–Kier alpha value is -4.04. The van der Waals surface area contributed by atoms with Crippen LogP contribution in [0.4, 0.5) is 10.5 Å². The van der Waals surface area contributed by atoms with Crippen molar-refractivity contribution in [2.75, 3.05) is 64.7 Å². The molecule has 2 aromatic carbocycles. The molecule has 3 amide bonds. The monoisotopic (exact) mass is 644 g/mol. The number of carboxylic acid groups (broad SMARTS) is 1. The number of nitrogens with one attached hydrogen (secondary N) is 2. The van der Waals surface area contributed by atoms with E-state index < -0.39 is 28.9 Å². The number of carbonyl (C=O) groups excluding carboxylic acids is 3. The second-order valence-electron chi connectivity index (χ2n) is 11.5. The van der Waals surface area contributed by atoms with Crippen LogP contribution < -0.4 is 21.3 Å². The van der Waals surface area contributed by atoms with Crippen molar-refractivity contribution in [1.29, 1.82) is 0 Å². The number of aliphatic carboxylic acids is 1. The minimum Gasteiger partial charge on any atom is -0.479 e. The van der Waals surface area contributed by atoms with Crippen molar-refractivity contribution in [3.05, 3.63) is 65.7 Å². The third-order valence-corrected chi connectivity index (χ3v) is 7.27. The molecule has 254 valence electrons. The normalized spacial score (nSPS) is 12.5. The Labute approximate surface area is 270 Å². The average Bonchev–Trinajstić information content (AvgIpc) is 3.03. The number of ether oxygens (including phenoxy) is 4. The fourth-order valence-corrected chi connectivity index (χ4v) is 4.41. The molecule has 0 aromatic heterocycles. The van der Waals surface area contributed by atoms with Gasteiger partial charge in [0.25, 0.3) is 5.91 Å². The lowest BCUT2D eigenvalue weighted by Gasteiger charge is -2.41. The molecule has 0 radical (unpaired) electrons. The van der Waals surface area contributed by atoms with E-state index in [4.69, 9.17) is 24.7 Å². The molecule has 13 heteroatoms. The summed E-state index contributed by atoms with van der Waals surface area (Å²) in [7, 11) is 1.55. The van der Waals surface area contributed by atoms with Gasteiger partial charge in [-0.3, -0.25) is 14.5 Å². The highest BCUT2D eigenvalue weighted by Gasteiger charge is 2.50. The summed E-state index contributed by atoms with van der Waals surface area (Å²) in [5.74, 6) is -2.25. The first-order chi connectivity index (χ1) is 21.9. The minimum absolute atomic E-state index is 0.114. The average molecular weight is 645 g/mol. The molecule has 0 heterocycles. The maximum Gasteiger partial charge on any atom is 0.414 e. The number of hydrogen-bond donors (Lipinski definition) is 4. The predicted octanol–water partition coefficient (Wildman–Crippen LogP) is 2.96. The first-order valence-electron chi connectivity index (χ1n) is 15.2. The van der Waals surface area contributed by atoms with Gasteiger partial charge in [-0.05, 0) is 41.7 Å². The van der Waals surface area contributed by atoms with Gasteiger partial charge in [0.15, 0.2) is 0 Å². The van der Waals surface area contributed by atoms with Crippen molar-refractivity contribution in [3.8, 4) is 0 Å². The summed E-state index contributed by atoms with van der Waals surface area (Å²) in [6, 6.07) is 15.4. The molecule has 0 saturated heterocycles. The predicted molar refractivity (Wildman–Crippen MR) is 173 cm³/mol. The second-order valence-corrected chi connectivity index (χ2v) is 11.5. The molecule has 0 bridgehead atoms. The van der Waals surface area contributed by atoms with E-state index in [0.29, 0.717) is 45.3 Å². The number of carbonyl (C=O) groups is 4. The number of anilines is 1. The molecule has 0 unspecified atom stereocenters. The smallest absolute Gasteiger partial charge is 0.414 e. The van der Waals surface area contributed by atoms with Crippen LogP contribution in [-0.4, -0.2) is 94.3 Å². The molecular weight excluding hydrogens is 596 g/mol. The fourth-order valence-electron chi connectivity index (χ4n) is 4.41. The Kier molecular flexibility index (Phi) is 16.1. The standard InChI is InChI=1S/C33H48N4O9/c1-32(2,3)33(30(40)41,15-14-28(38)35-17-19-44-21-23-45-22-20-43-18-16-34)36-29(39)26-10-12-27(13-11-26)37(4)31(42)46-24-25-8-6-5-7-9-25/h5-13H,14-24,34H2,1-4H3,(H,35,38)(H,36,39)(H,40,41)/t33-/m1/s1. The Morgan fingerprint density at radius 3 is 2.00 bits per heavy atom. The van der Waals surface area contributed by atoms with Crippen LogP contribution in [0.2, 0.25) is 0 Å². The summed E-state index contributed by atoms with van der Waals surface area (Å²) in [6.45, 7) is 8.25. The summed E-state index contributed by atoms with van der Waals surface area (Å²) in [5.41, 5.74) is 4.16. The van der Waals surface area contributed by atoms with Crippen molar-refractivity contribution in [2.45, 2.75) is 45.8 Å². The third-order valence-electron chi connectivity index (χ3n) is 7.27. The van der Waals surface area contributed by atoms with Gasteiger partial charge in [0, 0.05) is 37.8 Å². The van der Waals surface area contributed by atoms with E-state index in [1.54, 1.807) is 40.0 Å². The van der Waals surface area contributed by atoms with E-state index in [9.17, 15) is 24.3 Å². The maximum atomic E-state index is 13.3. The van der Waals surface area contributed by atoms with Gasteiger partial charge in [0.1, 0.15) is 12.1 Å². The number of nitrogens with two attached hydrogens (primary N) is 1. The van der Waals surface area contributed by atoms with Gasteiger partial charge in [-0.1, -0.05) is 51.1 Å². The van der Waals surface area contributed by atoms with E-state index >= 15 is 0 Å². The Bertz CT molecular complexity index is 1240. The summed E-state index contributed by atoms with van der Waals surface area (Å²) >= 11 is 0. The van der Waals surface area contributed by atoms with Crippen LogP contribution in [0.3, 0.4) is 0 Å². The summed E-state index contributed by atoms with van der Waals surface area (Å²) in [6.07, 6.45) is -0.846. The number of hydrogen-bond acceptors (Lipinski definition) is 9. The quantitative estimate of drug-likeness (QED) is 0.157. The van der Waals surface area contributed by atoms with Crippen LogP contribution in [-0.2, 0) is 35.1 Å². The minimum atomic E-state index is -1.75. The lowest BCUT2D eigenvalue weighted by molar-refractivity contribution is -0.150. The van der Waals surface area contributed by atoms with Crippen molar-refractivity contribution in [1.82, 2.24) is 10.6 Å². The van der Waals surface area contributed by atoms with Crippen molar-refractivity contribution >= 4 is 29.6 Å². The van der Waals surface area contributed by atoms with Gasteiger partial charge in [0.2, 0.25) is 5.91 Å². The highest BCUT2D eigenvalue weighted by atomic mass is 16.6. The zero-order chi connectivity index (χ0) is 34.0. The Morgan fingerprint density at radius 2 is 1.43 bits per heavy atom. The van der Waals surface area contributed by atoms with Gasteiger partial charge in [-0.15, -0.1) is 0 Å². The van der Waals surface area contributed by atoms with Crippen molar-refractivity contribution < 1.29 is 43.2 Å². The lowest BCUT2D eigenvalue weighted by atomic mass is 9.70. The number of carboxylic acids is 1. The third kappa shape index (κ3) is 12.4. The zero-order valence-electron chi connectivity index (χ0n) is 27.2. The number of rotatable bonds is 20. The van der Waals surface area contributed by atoms with Gasteiger partial charge in [-0.25, -0.2) is 9.59 Å². The maximum absolute atomic E-state index is 13.3. The van der Waals surface area contributed by atoms with Crippen LogP contribution in [0, 0.1) is 5.41 Å².